The van der Waals surface area contributed by atoms with Gasteiger partial charge in [-0.05, 0) is 0 Å². The van der Waals surface area contributed by atoms with Crippen molar-refractivity contribution >= 4 is 16.1 Å². The Morgan fingerprint density at radius 1 is 1.62 bits per heavy atom. The topological polar surface area (TPSA) is 101 Å². The third-order valence-corrected chi connectivity index (χ3v) is 1.79. The van der Waals surface area contributed by atoms with Crippen LogP contribution in [0.3, 0.4) is 0 Å². The minimum absolute atomic E-state index is 0.495. The van der Waals surface area contributed by atoms with Gasteiger partial charge < -0.3 is 9.84 Å². The molecule has 76 valence electrons. The summed E-state index contributed by atoms with van der Waals surface area (Å²) in [6, 6.07) is 0. The van der Waals surface area contributed by atoms with Gasteiger partial charge >= 0.3 is 5.97 Å². The van der Waals surface area contributed by atoms with E-state index in [2.05, 4.69) is 11.3 Å². The number of ether oxygens (including phenoxy) is 1. The van der Waals surface area contributed by atoms with E-state index in [4.69, 9.17) is 9.66 Å². The normalized spacial score (nSPS) is 13.4. The van der Waals surface area contributed by atoms with Crippen molar-refractivity contribution in [3.05, 3.63) is 12.7 Å². The SMILES string of the molecule is C=CC(=O)OCC(O)CS(=O)(=O)O. The van der Waals surface area contributed by atoms with Crippen LogP contribution in [0.15, 0.2) is 12.7 Å². The number of carbonyl (C=O) groups excluding carboxylic acids is 1. The molecule has 1 atom stereocenters. The highest BCUT2D eigenvalue weighted by atomic mass is 32.2. The standard InChI is InChI=1S/C6H10O6S/c1-2-6(8)12-3-5(7)4-13(9,10)11/h2,5,7H,1,3-4H2,(H,9,10,11). The van der Waals surface area contributed by atoms with E-state index in [9.17, 15) is 13.2 Å². The van der Waals surface area contributed by atoms with Crippen LogP contribution in [-0.2, 0) is 19.6 Å². The fourth-order valence-electron chi connectivity index (χ4n) is 0.528. The van der Waals surface area contributed by atoms with E-state index in [-0.39, 0.29) is 0 Å². The van der Waals surface area contributed by atoms with Gasteiger partial charge in [0.25, 0.3) is 10.1 Å². The molecule has 0 amide bonds. The number of carbonyl (C=O) groups is 1. The van der Waals surface area contributed by atoms with Gasteiger partial charge in [-0.3, -0.25) is 4.55 Å². The van der Waals surface area contributed by atoms with Crippen LogP contribution in [0.1, 0.15) is 0 Å². The predicted octanol–water partition coefficient (Wildman–Crippen LogP) is -1.04. The largest absolute Gasteiger partial charge is 0.460 e. The number of aliphatic hydroxyl groups excluding tert-OH is 1. The van der Waals surface area contributed by atoms with Crippen LogP contribution >= 0.6 is 0 Å². The number of hydrogen-bond acceptors (Lipinski definition) is 5. The highest BCUT2D eigenvalue weighted by Crippen LogP contribution is 1.92. The van der Waals surface area contributed by atoms with Crippen molar-refractivity contribution in [1.29, 1.82) is 0 Å². The molecule has 0 spiro atoms. The van der Waals surface area contributed by atoms with Gasteiger partial charge in [-0.1, -0.05) is 6.58 Å². The highest BCUT2D eigenvalue weighted by molar-refractivity contribution is 7.85. The number of hydrogen-bond donors (Lipinski definition) is 2. The van der Waals surface area contributed by atoms with Crippen molar-refractivity contribution in [3.8, 4) is 0 Å². The minimum Gasteiger partial charge on any atom is -0.460 e. The van der Waals surface area contributed by atoms with Crippen LogP contribution in [0, 0.1) is 0 Å². The smallest absolute Gasteiger partial charge is 0.330 e. The summed E-state index contributed by atoms with van der Waals surface area (Å²) in [5.41, 5.74) is 0. The van der Waals surface area contributed by atoms with E-state index in [1.807, 2.05) is 0 Å². The van der Waals surface area contributed by atoms with Gasteiger partial charge in [0.1, 0.15) is 18.5 Å². The molecular weight excluding hydrogens is 200 g/mol. The Balaban J connectivity index is 3.83. The summed E-state index contributed by atoms with van der Waals surface area (Å²) in [6.07, 6.45) is -0.556. The second kappa shape index (κ2) is 4.95. The van der Waals surface area contributed by atoms with Gasteiger partial charge in [-0.15, -0.1) is 0 Å². The van der Waals surface area contributed by atoms with Crippen molar-refractivity contribution < 1.29 is 27.6 Å². The van der Waals surface area contributed by atoms with E-state index in [0.29, 0.717) is 0 Å². The first-order chi connectivity index (χ1) is 5.85. The third-order valence-electron chi connectivity index (χ3n) is 0.988. The molecule has 0 saturated heterocycles. The predicted molar refractivity (Wildman–Crippen MR) is 43.6 cm³/mol. The molecule has 0 aromatic rings. The van der Waals surface area contributed by atoms with Crippen LogP contribution in [0.4, 0.5) is 0 Å². The molecule has 0 saturated carbocycles. The fourth-order valence-corrected chi connectivity index (χ4v) is 1.11. The summed E-state index contributed by atoms with van der Waals surface area (Å²) in [5, 5.41) is 8.88. The summed E-state index contributed by atoms with van der Waals surface area (Å²) in [5.74, 6) is -1.63. The number of esters is 1. The molecule has 0 bridgehead atoms. The number of aliphatic hydroxyl groups is 1. The Kier molecular flexibility index (Phi) is 4.60. The molecule has 2 N–H and O–H groups in total. The quantitative estimate of drug-likeness (QED) is 0.341. The Hall–Kier alpha value is -0.920. The first kappa shape index (κ1) is 12.1. The van der Waals surface area contributed by atoms with Gasteiger partial charge in [-0.25, -0.2) is 4.79 Å². The molecule has 0 aromatic carbocycles. The molecule has 0 heterocycles. The summed E-state index contributed by atoms with van der Waals surface area (Å²) >= 11 is 0. The average molecular weight is 210 g/mol. The molecular formula is C6H10O6S. The second-order valence-electron chi connectivity index (χ2n) is 2.24. The first-order valence-corrected chi connectivity index (χ1v) is 4.88. The number of rotatable bonds is 5. The fraction of sp³-hybridized carbons (Fsp3) is 0.500. The van der Waals surface area contributed by atoms with Gasteiger partial charge in [0.05, 0.1) is 0 Å². The lowest BCUT2D eigenvalue weighted by Gasteiger charge is -2.07. The molecule has 0 aliphatic heterocycles. The molecule has 0 aliphatic rings. The zero-order chi connectivity index (χ0) is 10.5. The monoisotopic (exact) mass is 210 g/mol. The zero-order valence-electron chi connectivity index (χ0n) is 6.71. The molecule has 0 rings (SSSR count). The van der Waals surface area contributed by atoms with E-state index < -0.39 is 34.6 Å². The van der Waals surface area contributed by atoms with Crippen LogP contribution in [-0.4, -0.2) is 42.5 Å². The summed E-state index contributed by atoms with van der Waals surface area (Å²) in [6.45, 7) is 2.59. The molecule has 7 heteroatoms. The van der Waals surface area contributed by atoms with E-state index in [0.717, 1.165) is 6.08 Å². The lowest BCUT2D eigenvalue weighted by atomic mass is 10.4. The van der Waals surface area contributed by atoms with E-state index >= 15 is 0 Å². The molecule has 1 unspecified atom stereocenters. The Labute approximate surface area is 75.6 Å². The maximum atomic E-state index is 10.4. The van der Waals surface area contributed by atoms with Crippen molar-refractivity contribution in [2.75, 3.05) is 12.4 Å². The van der Waals surface area contributed by atoms with Crippen LogP contribution < -0.4 is 0 Å². The van der Waals surface area contributed by atoms with Crippen molar-refractivity contribution in [2.24, 2.45) is 0 Å². The van der Waals surface area contributed by atoms with Gasteiger partial charge in [0.15, 0.2) is 0 Å². The minimum atomic E-state index is -4.25. The van der Waals surface area contributed by atoms with Crippen LogP contribution in [0.5, 0.6) is 0 Å². The molecule has 0 radical (unpaired) electrons. The first-order valence-electron chi connectivity index (χ1n) is 3.27. The molecule has 13 heavy (non-hydrogen) atoms. The third kappa shape index (κ3) is 7.44. The highest BCUT2D eigenvalue weighted by Gasteiger charge is 2.15. The van der Waals surface area contributed by atoms with E-state index in [1.54, 1.807) is 0 Å². The summed E-state index contributed by atoms with van der Waals surface area (Å²) in [4.78, 5) is 10.4. The summed E-state index contributed by atoms with van der Waals surface area (Å²) < 4.78 is 33.0. The van der Waals surface area contributed by atoms with Gasteiger partial charge in [0.2, 0.25) is 0 Å². The molecule has 0 fully saturated rings. The lowest BCUT2D eigenvalue weighted by Crippen LogP contribution is -2.26. The van der Waals surface area contributed by atoms with Crippen molar-refractivity contribution in [2.45, 2.75) is 6.10 Å². The van der Waals surface area contributed by atoms with Gasteiger partial charge in [-0.2, -0.15) is 8.42 Å². The summed E-state index contributed by atoms with van der Waals surface area (Å²) in [7, 11) is -4.25. The van der Waals surface area contributed by atoms with Crippen molar-refractivity contribution in [3.63, 3.8) is 0 Å². The van der Waals surface area contributed by atoms with Gasteiger partial charge in [0, 0.05) is 6.08 Å². The Morgan fingerprint density at radius 3 is 2.54 bits per heavy atom. The lowest BCUT2D eigenvalue weighted by molar-refractivity contribution is -0.140. The second-order valence-corrected chi connectivity index (χ2v) is 3.73. The molecule has 6 nitrogen and oxygen atoms in total. The maximum Gasteiger partial charge on any atom is 0.330 e. The average Bonchev–Trinajstić information content (AvgIpc) is 1.97. The van der Waals surface area contributed by atoms with E-state index in [1.165, 1.54) is 0 Å². The molecule has 0 aliphatic carbocycles. The van der Waals surface area contributed by atoms with Crippen LogP contribution in [0.25, 0.3) is 0 Å². The Bertz CT molecular complexity index is 279. The zero-order valence-corrected chi connectivity index (χ0v) is 7.53. The Morgan fingerprint density at radius 2 is 2.15 bits per heavy atom. The maximum absolute atomic E-state index is 10.4. The van der Waals surface area contributed by atoms with Crippen LogP contribution in [0.2, 0.25) is 0 Å². The van der Waals surface area contributed by atoms with Crippen molar-refractivity contribution in [1.82, 2.24) is 0 Å². The molecule has 0 aromatic heterocycles.